The van der Waals surface area contributed by atoms with Crippen molar-refractivity contribution in [1.82, 2.24) is 14.5 Å². The Balaban J connectivity index is 2.52. The van der Waals surface area contributed by atoms with Gasteiger partial charge in [0.15, 0.2) is 0 Å². The van der Waals surface area contributed by atoms with Gasteiger partial charge in [0, 0.05) is 5.69 Å². The number of hydrogen-bond donors (Lipinski definition) is 2. The number of fused-ring (bicyclic) bond motifs is 1. The SMILES string of the molecule is Cc1cc2c(Cl)ncnc2n1C[C@H](O)CO. The molecule has 1 atom stereocenters. The number of aliphatic hydroxyl groups is 2. The van der Waals surface area contributed by atoms with Crippen molar-refractivity contribution >= 4 is 22.6 Å². The molecule has 2 N–H and O–H groups in total. The molecule has 0 unspecified atom stereocenters. The molecule has 0 bridgehead atoms. The summed E-state index contributed by atoms with van der Waals surface area (Å²) in [5.41, 5.74) is 1.59. The van der Waals surface area contributed by atoms with Crippen molar-refractivity contribution < 1.29 is 10.2 Å². The maximum atomic E-state index is 9.44. The Morgan fingerprint density at radius 2 is 2.25 bits per heavy atom. The first-order chi connectivity index (χ1) is 7.63. The lowest BCUT2D eigenvalue weighted by atomic mass is 10.3. The quantitative estimate of drug-likeness (QED) is 0.778. The average Bonchev–Trinajstić information content (AvgIpc) is 2.58. The molecular formula is C10H12ClN3O2. The molecule has 6 heteroatoms. The fourth-order valence-electron chi connectivity index (χ4n) is 1.66. The highest BCUT2D eigenvalue weighted by molar-refractivity contribution is 6.33. The van der Waals surface area contributed by atoms with Crippen molar-refractivity contribution in [2.75, 3.05) is 6.61 Å². The molecule has 0 aliphatic rings. The predicted molar refractivity (Wildman–Crippen MR) is 60.4 cm³/mol. The third-order valence-corrected chi connectivity index (χ3v) is 2.75. The van der Waals surface area contributed by atoms with E-state index in [0.717, 1.165) is 11.1 Å². The molecule has 16 heavy (non-hydrogen) atoms. The summed E-state index contributed by atoms with van der Waals surface area (Å²) in [5, 5.41) is 19.4. The molecule has 0 aliphatic heterocycles. The summed E-state index contributed by atoms with van der Waals surface area (Å²) in [6.07, 6.45) is 0.578. The van der Waals surface area contributed by atoms with Gasteiger partial charge in [-0.1, -0.05) is 11.6 Å². The van der Waals surface area contributed by atoms with Crippen LogP contribution in [-0.2, 0) is 6.54 Å². The summed E-state index contributed by atoms with van der Waals surface area (Å²) in [4.78, 5) is 8.02. The smallest absolute Gasteiger partial charge is 0.145 e. The Kier molecular flexibility index (Phi) is 3.09. The molecule has 0 amide bonds. The van der Waals surface area contributed by atoms with Crippen LogP contribution in [0.25, 0.3) is 11.0 Å². The summed E-state index contributed by atoms with van der Waals surface area (Å²) in [5.74, 6) is 0. The summed E-state index contributed by atoms with van der Waals surface area (Å²) in [7, 11) is 0. The fraction of sp³-hybridized carbons (Fsp3) is 0.400. The zero-order valence-electron chi connectivity index (χ0n) is 8.76. The third-order valence-electron chi connectivity index (χ3n) is 2.45. The minimum absolute atomic E-state index is 0.280. The van der Waals surface area contributed by atoms with Gasteiger partial charge in [0.2, 0.25) is 0 Å². The first kappa shape index (κ1) is 11.3. The highest BCUT2D eigenvalue weighted by Gasteiger charge is 2.12. The van der Waals surface area contributed by atoms with E-state index in [1.165, 1.54) is 6.33 Å². The van der Waals surface area contributed by atoms with Crippen LogP contribution < -0.4 is 0 Å². The van der Waals surface area contributed by atoms with E-state index in [2.05, 4.69) is 9.97 Å². The van der Waals surface area contributed by atoms with Gasteiger partial charge in [-0.2, -0.15) is 0 Å². The fourth-order valence-corrected chi connectivity index (χ4v) is 1.84. The van der Waals surface area contributed by atoms with Crippen molar-refractivity contribution in [1.29, 1.82) is 0 Å². The Labute approximate surface area is 97.3 Å². The molecule has 2 heterocycles. The number of aromatic nitrogens is 3. The van der Waals surface area contributed by atoms with E-state index in [9.17, 15) is 5.11 Å². The van der Waals surface area contributed by atoms with E-state index >= 15 is 0 Å². The van der Waals surface area contributed by atoms with E-state index in [4.69, 9.17) is 16.7 Å². The first-order valence-corrected chi connectivity index (χ1v) is 5.26. The number of aliphatic hydroxyl groups excluding tert-OH is 2. The number of rotatable bonds is 3. The largest absolute Gasteiger partial charge is 0.394 e. The van der Waals surface area contributed by atoms with Crippen LogP contribution in [0, 0.1) is 6.92 Å². The molecule has 0 aromatic carbocycles. The topological polar surface area (TPSA) is 71.2 Å². The molecule has 0 aliphatic carbocycles. The summed E-state index contributed by atoms with van der Waals surface area (Å²) < 4.78 is 1.81. The van der Waals surface area contributed by atoms with Gasteiger partial charge in [-0.3, -0.25) is 0 Å². The summed E-state index contributed by atoms with van der Waals surface area (Å²) >= 11 is 5.94. The monoisotopic (exact) mass is 241 g/mol. The predicted octanol–water partition coefficient (Wildman–Crippen LogP) is 0.746. The minimum atomic E-state index is -0.803. The standard InChI is InChI=1S/C10H12ClN3O2/c1-6-2-8-9(11)12-5-13-10(8)14(6)3-7(16)4-15/h2,5,7,15-16H,3-4H2,1H3/t7-/m0/s1. The molecular weight excluding hydrogens is 230 g/mol. The minimum Gasteiger partial charge on any atom is -0.394 e. The number of hydrogen-bond acceptors (Lipinski definition) is 4. The Hall–Kier alpha value is -1.17. The summed E-state index contributed by atoms with van der Waals surface area (Å²) in [6, 6.07) is 1.86. The maximum absolute atomic E-state index is 9.44. The second kappa shape index (κ2) is 4.37. The average molecular weight is 242 g/mol. The van der Waals surface area contributed by atoms with Gasteiger partial charge in [-0.05, 0) is 13.0 Å². The molecule has 0 fully saturated rings. The Morgan fingerprint density at radius 1 is 1.50 bits per heavy atom. The van der Waals surface area contributed by atoms with Crippen molar-refractivity contribution in [2.24, 2.45) is 0 Å². The van der Waals surface area contributed by atoms with Gasteiger partial charge in [-0.15, -0.1) is 0 Å². The molecule has 5 nitrogen and oxygen atoms in total. The zero-order valence-corrected chi connectivity index (χ0v) is 9.52. The molecule has 2 aromatic rings. The molecule has 0 radical (unpaired) electrons. The van der Waals surface area contributed by atoms with Gasteiger partial charge in [0.25, 0.3) is 0 Å². The lowest BCUT2D eigenvalue weighted by Gasteiger charge is -2.11. The van der Waals surface area contributed by atoms with Crippen molar-refractivity contribution in [3.63, 3.8) is 0 Å². The molecule has 2 aromatic heterocycles. The van der Waals surface area contributed by atoms with Crippen LogP contribution in [0.15, 0.2) is 12.4 Å². The lowest BCUT2D eigenvalue weighted by molar-refractivity contribution is 0.0817. The van der Waals surface area contributed by atoms with Crippen LogP contribution in [-0.4, -0.2) is 37.5 Å². The summed E-state index contributed by atoms with van der Waals surface area (Å²) in [6.45, 7) is 1.90. The highest BCUT2D eigenvalue weighted by Crippen LogP contribution is 2.23. The van der Waals surface area contributed by atoms with E-state index in [-0.39, 0.29) is 6.61 Å². The molecule has 2 rings (SSSR count). The van der Waals surface area contributed by atoms with Crippen LogP contribution in [0.2, 0.25) is 5.15 Å². The van der Waals surface area contributed by atoms with Gasteiger partial charge < -0.3 is 14.8 Å². The molecule has 86 valence electrons. The van der Waals surface area contributed by atoms with Crippen LogP contribution in [0.3, 0.4) is 0 Å². The van der Waals surface area contributed by atoms with Crippen molar-refractivity contribution in [3.05, 3.63) is 23.2 Å². The number of halogens is 1. The molecule has 0 saturated carbocycles. The van der Waals surface area contributed by atoms with E-state index in [1.54, 1.807) is 0 Å². The normalized spacial score (nSPS) is 13.2. The van der Waals surface area contributed by atoms with Gasteiger partial charge in [0.1, 0.15) is 17.1 Å². The van der Waals surface area contributed by atoms with E-state index < -0.39 is 6.10 Å². The Bertz CT molecular complexity index is 512. The third kappa shape index (κ3) is 1.89. The van der Waals surface area contributed by atoms with Crippen LogP contribution >= 0.6 is 11.6 Å². The van der Waals surface area contributed by atoms with Gasteiger partial charge >= 0.3 is 0 Å². The van der Waals surface area contributed by atoms with Crippen LogP contribution in [0.5, 0.6) is 0 Å². The van der Waals surface area contributed by atoms with Gasteiger partial charge in [-0.25, -0.2) is 9.97 Å². The molecule has 0 spiro atoms. The highest BCUT2D eigenvalue weighted by atomic mass is 35.5. The van der Waals surface area contributed by atoms with Gasteiger partial charge in [0.05, 0.1) is 24.6 Å². The van der Waals surface area contributed by atoms with Crippen LogP contribution in [0.4, 0.5) is 0 Å². The second-order valence-corrected chi connectivity index (χ2v) is 3.99. The number of nitrogens with zero attached hydrogens (tertiary/aromatic N) is 3. The van der Waals surface area contributed by atoms with Crippen LogP contribution in [0.1, 0.15) is 5.69 Å². The maximum Gasteiger partial charge on any atom is 0.145 e. The van der Waals surface area contributed by atoms with E-state index in [0.29, 0.717) is 17.3 Å². The second-order valence-electron chi connectivity index (χ2n) is 3.63. The zero-order chi connectivity index (χ0) is 11.7. The van der Waals surface area contributed by atoms with E-state index in [1.807, 2.05) is 17.6 Å². The lowest BCUT2D eigenvalue weighted by Crippen LogP contribution is -2.20. The molecule has 0 saturated heterocycles. The first-order valence-electron chi connectivity index (χ1n) is 4.88. The Morgan fingerprint density at radius 3 is 2.94 bits per heavy atom. The number of aryl methyl sites for hydroxylation is 1. The van der Waals surface area contributed by atoms with Crippen molar-refractivity contribution in [3.8, 4) is 0 Å². The van der Waals surface area contributed by atoms with Crippen molar-refractivity contribution in [2.45, 2.75) is 19.6 Å².